The zero-order valence-corrected chi connectivity index (χ0v) is 15.4. The van der Waals surface area contributed by atoms with Crippen LogP contribution in [0.3, 0.4) is 0 Å². The molecular formula is C18H15BrN2O2S. The lowest BCUT2D eigenvalue weighted by Crippen LogP contribution is -2.19. The fraction of sp³-hybridized carbons (Fsp3) is 0.111. The number of ether oxygens (including phenoxy) is 1. The SMILES string of the molecule is CCOc1ccccc1/C=C1\SC(=Nc2ccc(Br)cc2)NC1=O. The predicted molar refractivity (Wildman–Crippen MR) is 103 cm³/mol. The van der Waals surface area contributed by atoms with Crippen LogP contribution < -0.4 is 10.1 Å². The molecule has 0 bridgehead atoms. The second-order valence-corrected chi connectivity index (χ2v) is 6.88. The van der Waals surface area contributed by atoms with Crippen molar-refractivity contribution in [1.29, 1.82) is 0 Å². The number of carbonyl (C=O) groups excluding carboxylic acids is 1. The summed E-state index contributed by atoms with van der Waals surface area (Å²) in [6, 6.07) is 15.2. The van der Waals surface area contributed by atoms with E-state index in [1.165, 1.54) is 11.8 Å². The predicted octanol–water partition coefficient (Wildman–Crippen LogP) is 4.74. The summed E-state index contributed by atoms with van der Waals surface area (Å²) in [4.78, 5) is 17.2. The number of aliphatic imine (C=N–C) groups is 1. The number of nitrogens with one attached hydrogen (secondary N) is 1. The lowest BCUT2D eigenvalue weighted by atomic mass is 10.2. The van der Waals surface area contributed by atoms with Gasteiger partial charge in [0.15, 0.2) is 5.17 Å². The van der Waals surface area contributed by atoms with Gasteiger partial charge in [-0.2, -0.15) is 0 Å². The number of hydrogen-bond acceptors (Lipinski definition) is 4. The van der Waals surface area contributed by atoms with E-state index < -0.39 is 0 Å². The Labute approximate surface area is 153 Å². The van der Waals surface area contributed by atoms with E-state index in [0.29, 0.717) is 16.7 Å². The molecular weight excluding hydrogens is 388 g/mol. The molecule has 0 saturated carbocycles. The molecule has 0 aromatic heterocycles. The maximum absolute atomic E-state index is 12.2. The van der Waals surface area contributed by atoms with E-state index >= 15 is 0 Å². The molecule has 1 fully saturated rings. The Morgan fingerprint density at radius 3 is 2.71 bits per heavy atom. The van der Waals surface area contributed by atoms with Gasteiger partial charge in [-0.1, -0.05) is 34.1 Å². The number of amides is 1. The number of carbonyl (C=O) groups is 1. The van der Waals surface area contributed by atoms with Crippen LogP contribution in [-0.2, 0) is 4.79 Å². The van der Waals surface area contributed by atoms with Gasteiger partial charge >= 0.3 is 0 Å². The number of para-hydroxylation sites is 1. The maximum Gasteiger partial charge on any atom is 0.264 e. The topological polar surface area (TPSA) is 50.7 Å². The summed E-state index contributed by atoms with van der Waals surface area (Å²) in [7, 11) is 0. The number of rotatable bonds is 4. The van der Waals surface area contributed by atoms with Crippen LogP contribution in [0.4, 0.5) is 5.69 Å². The van der Waals surface area contributed by atoms with E-state index in [-0.39, 0.29) is 5.91 Å². The van der Waals surface area contributed by atoms with Gasteiger partial charge in [0.25, 0.3) is 5.91 Å². The van der Waals surface area contributed by atoms with E-state index in [1.807, 2.05) is 61.5 Å². The largest absolute Gasteiger partial charge is 0.493 e. The van der Waals surface area contributed by atoms with E-state index in [9.17, 15) is 4.79 Å². The van der Waals surface area contributed by atoms with Crippen molar-refractivity contribution in [2.45, 2.75) is 6.92 Å². The third kappa shape index (κ3) is 4.07. The number of nitrogens with zero attached hydrogens (tertiary/aromatic N) is 1. The molecule has 122 valence electrons. The summed E-state index contributed by atoms with van der Waals surface area (Å²) in [6.45, 7) is 2.51. The Balaban J connectivity index is 1.83. The van der Waals surface area contributed by atoms with Crippen molar-refractivity contribution < 1.29 is 9.53 Å². The molecule has 0 atom stereocenters. The zero-order valence-electron chi connectivity index (χ0n) is 13.0. The molecule has 1 saturated heterocycles. The number of hydrogen-bond donors (Lipinski definition) is 1. The van der Waals surface area contributed by atoms with Crippen LogP contribution in [0.15, 0.2) is 62.9 Å². The highest BCUT2D eigenvalue weighted by molar-refractivity contribution is 9.10. The number of thioether (sulfide) groups is 1. The molecule has 0 unspecified atom stereocenters. The van der Waals surface area contributed by atoms with Crippen LogP contribution in [0.25, 0.3) is 6.08 Å². The lowest BCUT2D eigenvalue weighted by Gasteiger charge is -2.06. The van der Waals surface area contributed by atoms with Crippen LogP contribution in [0.2, 0.25) is 0 Å². The fourth-order valence-corrected chi connectivity index (χ4v) is 3.24. The summed E-state index contributed by atoms with van der Waals surface area (Å²) in [5.74, 6) is 0.612. The quantitative estimate of drug-likeness (QED) is 0.751. The molecule has 1 amide bonds. The van der Waals surface area contributed by atoms with E-state index in [1.54, 1.807) is 0 Å². The molecule has 24 heavy (non-hydrogen) atoms. The molecule has 4 nitrogen and oxygen atoms in total. The first-order chi connectivity index (χ1) is 11.7. The average Bonchev–Trinajstić information content (AvgIpc) is 2.91. The monoisotopic (exact) mass is 402 g/mol. The minimum absolute atomic E-state index is 0.151. The Morgan fingerprint density at radius 1 is 1.21 bits per heavy atom. The summed E-state index contributed by atoms with van der Waals surface area (Å²) < 4.78 is 6.58. The summed E-state index contributed by atoms with van der Waals surface area (Å²) in [5.41, 5.74) is 1.67. The third-order valence-corrected chi connectivity index (χ3v) is 4.65. The molecule has 0 radical (unpaired) electrons. The normalized spacial score (nSPS) is 17.3. The van der Waals surface area contributed by atoms with E-state index in [0.717, 1.165) is 21.5 Å². The lowest BCUT2D eigenvalue weighted by molar-refractivity contribution is -0.115. The van der Waals surface area contributed by atoms with Crippen LogP contribution >= 0.6 is 27.7 Å². The van der Waals surface area contributed by atoms with E-state index in [2.05, 4.69) is 26.2 Å². The second-order valence-electron chi connectivity index (χ2n) is 4.93. The minimum Gasteiger partial charge on any atom is -0.493 e. The van der Waals surface area contributed by atoms with Gasteiger partial charge in [-0.15, -0.1) is 0 Å². The summed E-state index contributed by atoms with van der Waals surface area (Å²) in [6.07, 6.45) is 1.83. The molecule has 1 aliphatic heterocycles. The highest BCUT2D eigenvalue weighted by atomic mass is 79.9. The smallest absolute Gasteiger partial charge is 0.264 e. The first-order valence-corrected chi connectivity index (χ1v) is 9.03. The Kier molecular flexibility index (Phi) is 5.37. The van der Waals surface area contributed by atoms with Crippen molar-refractivity contribution >= 4 is 50.5 Å². The second kappa shape index (κ2) is 7.68. The molecule has 2 aromatic rings. The average molecular weight is 403 g/mol. The van der Waals surface area contributed by atoms with Gasteiger partial charge < -0.3 is 10.1 Å². The summed E-state index contributed by atoms with van der Waals surface area (Å²) in [5, 5.41) is 3.36. The van der Waals surface area contributed by atoms with Gasteiger partial charge in [-0.3, -0.25) is 4.79 Å². The van der Waals surface area contributed by atoms with Crippen molar-refractivity contribution in [2.75, 3.05) is 6.61 Å². The number of halogens is 1. The standard InChI is InChI=1S/C18H15BrN2O2S/c1-2-23-15-6-4-3-5-12(15)11-16-17(22)21-18(24-16)20-14-9-7-13(19)8-10-14/h3-11H,2H2,1H3,(H,20,21,22)/b16-11-. The van der Waals surface area contributed by atoms with Gasteiger partial charge in [0.2, 0.25) is 0 Å². The van der Waals surface area contributed by atoms with Crippen LogP contribution in [0.1, 0.15) is 12.5 Å². The first kappa shape index (κ1) is 16.8. The van der Waals surface area contributed by atoms with Gasteiger partial charge in [0, 0.05) is 10.0 Å². The van der Waals surface area contributed by atoms with Crippen molar-refractivity contribution in [3.63, 3.8) is 0 Å². The molecule has 3 rings (SSSR count). The van der Waals surface area contributed by atoms with Crippen molar-refractivity contribution in [1.82, 2.24) is 5.32 Å². The Bertz CT molecular complexity index is 816. The molecule has 2 aromatic carbocycles. The highest BCUT2D eigenvalue weighted by Gasteiger charge is 2.24. The molecule has 0 aliphatic carbocycles. The Hall–Kier alpha value is -2.05. The maximum atomic E-state index is 12.2. The van der Waals surface area contributed by atoms with Gasteiger partial charge in [0.05, 0.1) is 17.2 Å². The third-order valence-electron chi connectivity index (χ3n) is 3.21. The number of amidine groups is 1. The fourth-order valence-electron chi connectivity index (χ4n) is 2.14. The van der Waals surface area contributed by atoms with E-state index in [4.69, 9.17) is 4.74 Å². The van der Waals surface area contributed by atoms with Gasteiger partial charge in [0.1, 0.15) is 5.75 Å². The minimum atomic E-state index is -0.151. The summed E-state index contributed by atoms with van der Waals surface area (Å²) >= 11 is 4.71. The van der Waals surface area contributed by atoms with Crippen LogP contribution in [-0.4, -0.2) is 17.7 Å². The molecule has 6 heteroatoms. The van der Waals surface area contributed by atoms with Gasteiger partial charge in [-0.25, -0.2) is 4.99 Å². The van der Waals surface area contributed by atoms with Crippen LogP contribution in [0, 0.1) is 0 Å². The zero-order chi connectivity index (χ0) is 16.9. The molecule has 1 aliphatic rings. The molecule has 1 heterocycles. The van der Waals surface area contributed by atoms with Crippen molar-refractivity contribution in [3.8, 4) is 5.75 Å². The Morgan fingerprint density at radius 2 is 1.96 bits per heavy atom. The van der Waals surface area contributed by atoms with Crippen molar-refractivity contribution in [2.24, 2.45) is 4.99 Å². The molecule has 0 spiro atoms. The van der Waals surface area contributed by atoms with Crippen molar-refractivity contribution in [3.05, 3.63) is 63.5 Å². The van der Waals surface area contributed by atoms with Gasteiger partial charge in [-0.05, 0) is 55.1 Å². The number of benzene rings is 2. The van der Waals surface area contributed by atoms with Crippen LogP contribution in [0.5, 0.6) is 5.75 Å². The molecule has 1 N–H and O–H groups in total. The first-order valence-electron chi connectivity index (χ1n) is 7.42. The highest BCUT2D eigenvalue weighted by Crippen LogP contribution is 2.30.